The van der Waals surface area contributed by atoms with Crippen LogP contribution in [0.4, 0.5) is 4.39 Å². The average Bonchev–Trinajstić information content (AvgIpc) is 2.89. The van der Waals surface area contributed by atoms with Gasteiger partial charge >= 0.3 is 0 Å². The maximum Gasteiger partial charge on any atom is 0.264 e. The van der Waals surface area contributed by atoms with Crippen LogP contribution in [0.1, 0.15) is 18.1 Å². The molecule has 0 radical (unpaired) electrons. The summed E-state index contributed by atoms with van der Waals surface area (Å²) in [6.45, 7) is 0.677. The van der Waals surface area contributed by atoms with Crippen molar-refractivity contribution in [3.05, 3.63) is 89.7 Å². The van der Waals surface area contributed by atoms with Gasteiger partial charge in [0.1, 0.15) is 5.82 Å². The summed E-state index contributed by atoms with van der Waals surface area (Å²) in [4.78, 5) is 35.9. The van der Waals surface area contributed by atoms with E-state index in [1.165, 1.54) is 30.3 Å². The summed E-state index contributed by atoms with van der Waals surface area (Å²) < 4.78 is 41.8. The molecule has 0 fully saturated rings. The van der Waals surface area contributed by atoms with Gasteiger partial charge in [-0.15, -0.1) is 0 Å². The second-order valence-corrected chi connectivity index (χ2v) is 10.5. The summed E-state index contributed by atoms with van der Waals surface area (Å²) in [6, 6.07) is 19.5. The maximum absolute atomic E-state index is 14.8. The van der Waals surface area contributed by atoms with Crippen molar-refractivity contribution in [3.8, 4) is 11.1 Å². The number of benzene rings is 3. The number of thiol groups is 1. The molecular formula is C27H28FN3O5S2. The van der Waals surface area contributed by atoms with E-state index < -0.39 is 33.6 Å². The smallest absolute Gasteiger partial charge is 0.264 e. The Hall–Kier alpha value is -3.70. The van der Waals surface area contributed by atoms with Crippen LogP contribution in [-0.4, -0.2) is 38.4 Å². The van der Waals surface area contributed by atoms with Crippen LogP contribution in [0.3, 0.4) is 0 Å². The second-order valence-electron chi connectivity index (χ2n) is 8.53. The number of sulfonamides is 1. The standard InChI is InChI=1S/C27H28FN3O5S2/c1-18(32)31-38(35,36)25-10-6-5-9-23(25)20-11-12-21(24(28)14-20)15-29-26(33)16-30-27(34)22(17-37)13-19-7-3-2-4-8-19/h2-12,14,22,37H,13,15-17H2,1H3,(H,29,33)(H,30,34)(H,31,32)/t22-/m1/s1. The summed E-state index contributed by atoms with van der Waals surface area (Å²) in [5.74, 6) is -2.29. The van der Waals surface area contributed by atoms with Crippen LogP contribution < -0.4 is 15.4 Å². The summed E-state index contributed by atoms with van der Waals surface area (Å²) >= 11 is 4.25. The molecule has 3 amide bonds. The second kappa shape index (κ2) is 13.2. The Morgan fingerprint density at radius 1 is 0.947 bits per heavy atom. The summed E-state index contributed by atoms with van der Waals surface area (Å²) in [5.41, 5.74) is 1.66. The molecule has 0 saturated heterocycles. The molecule has 0 aliphatic carbocycles. The third-order valence-electron chi connectivity index (χ3n) is 5.63. The van der Waals surface area contributed by atoms with E-state index in [9.17, 15) is 27.2 Å². The first-order valence-electron chi connectivity index (χ1n) is 11.7. The van der Waals surface area contributed by atoms with Crippen LogP contribution in [0.2, 0.25) is 0 Å². The van der Waals surface area contributed by atoms with Gasteiger partial charge in [-0.1, -0.05) is 60.7 Å². The van der Waals surface area contributed by atoms with E-state index in [-0.39, 0.29) is 40.6 Å². The van der Waals surface area contributed by atoms with Gasteiger partial charge in [-0.3, -0.25) is 14.4 Å². The number of carbonyl (C=O) groups is 3. The molecule has 3 rings (SSSR count). The van der Waals surface area contributed by atoms with Crippen molar-refractivity contribution in [1.29, 1.82) is 0 Å². The van der Waals surface area contributed by atoms with Crippen molar-refractivity contribution in [3.63, 3.8) is 0 Å². The molecule has 3 aromatic carbocycles. The largest absolute Gasteiger partial charge is 0.350 e. The van der Waals surface area contributed by atoms with Crippen molar-refractivity contribution >= 4 is 40.4 Å². The third kappa shape index (κ3) is 7.90. The molecule has 1 atom stereocenters. The van der Waals surface area contributed by atoms with Crippen LogP contribution in [0.15, 0.2) is 77.7 Å². The van der Waals surface area contributed by atoms with Crippen LogP contribution in [-0.2, 0) is 37.4 Å². The number of hydrogen-bond donors (Lipinski definition) is 4. The van der Waals surface area contributed by atoms with Crippen LogP contribution >= 0.6 is 12.6 Å². The Morgan fingerprint density at radius 2 is 1.63 bits per heavy atom. The molecule has 3 aromatic rings. The zero-order chi connectivity index (χ0) is 27.7. The van der Waals surface area contributed by atoms with Crippen molar-refractivity contribution < 1.29 is 27.2 Å². The molecule has 0 spiro atoms. The fraction of sp³-hybridized carbons (Fsp3) is 0.222. The summed E-state index contributed by atoms with van der Waals surface area (Å²) in [6.07, 6.45) is 0.491. The van der Waals surface area contributed by atoms with Gasteiger partial charge in [0.15, 0.2) is 0 Å². The van der Waals surface area contributed by atoms with Gasteiger partial charge in [0.25, 0.3) is 10.0 Å². The van der Waals surface area contributed by atoms with Crippen molar-refractivity contribution in [1.82, 2.24) is 15.4 Å². The maximum atomic E-state index is 14.8. The molecular weight excluding hydrogens is 529 g/mol. The predicted octanol–water partition coefficient (Wildman–Crippen LogP) is 2.84. The first-order valence-corrected chi connectivity index (χ1v) is 13.8. The topological polar surface area (TPSA) is 121 Å². The highest BCUT2D eigenvalue weighted by Crippen LogP contribution is 2.28. The summed E-state index contributed by atoms with van der Waals surface area (Å²) in [7, 11) is -4.14. The highest BCUT2D eigenvalue weighted by molar-refractivity contribution is 7.90. The monoisotopic (exact) mass is 557 g/mol. The molecule has 0 bridgehead atoms. The number of carbonyl (C=O) groups excluding carboxylic acids is 3. The van der Waals surface area contributed by atoms with Gasteiger partial charge in [-0.05, 0) is 29.7 Å². The molecule has 0 unspecified atom stereocenters. The van der Waals surface area contributed by atoms with Gasteiger partial charge < -0.3 is 10.6 Å². The molecule has 0 aromatic heterocycles. The Balaban J connectivity index is 1.60. The Kier molecular flexibility index (Phi) is 10.0. The Labute approximate surface area is 226 Å². The van der Waals surface area contributed by atoms with Crippen molar-refractivity contribution in [2.75, 3.05) is 12.3 Å². The first-order chi connectivity index (χ1) is 18.1. The Morgan fingerprint density at radius 3 is 2.29 bits per heavy atom. The lowest BCUT2D eigenvalue weighted by Gasteiger charge is -2.15. The number of hydrogen-bond acceptors (Lipinski definition) is 6. The van der Waals surface area contributed by atoms with Crippen LogP contribution in [0.25, 0.3) is 11.1 Å². The highest BCUT2D eigenvalue weighted by Gasteiger charge is 2.21. The molecule has 0 aliphatic rings. The lowest BCUT2D eigenvalue weighted by molar-refractivity contribution is -0.128. The van der Waals surface area contributed by atoms with Gasteiger partial charge in [0.05, 0.1) is 17.4 Å². The van der Waals surface area contributed by atoms with Crippen LogP contribution in [0.5, 0.6) is 0 Å². The zero-order valence-electron chi connectivity index (χ0n) is 20.6. The molecule has 0 aliphatic heterocycles. The van der Waals surface area contributed by atoms with E-state index in [1.54, 1.807) is 6.07 Å². The van der Waals surface area contributed by atoms with Crippen molar-refractivity contribution in [2.45, 2.75) is 24.8 Å². The molecule has 0 heterocycles. The number of nitrogens with one attached hydrogen (secondary N) is 3. The number of amides is 3. The third-order valence-corrected chi connectivity index (χ3v) is 7.57. The Bertz CT molecular complexity index is 1420. The van der Waals surface area contributed by atoms with Crippen LogP contribution in [0, 0.1) is 11.7 Å². The fourth-order valence-electron chi connectivity index (χ4n) is 3.75. The number of rotatable bonds is 11. The predicted molar refractivity (Wildman–Crippen MR) is 145 cm³/mol. The minimum Gasteiger partial charge on any atom is -0.350 e. The zero-order valence-corrected chi connectivity index (χ0v) is 22.3. The lowest BCUT2D eigenvalue weighted by atomic mass is 10.0. The van der Waals surface area contributed by atoms with E-state index in [1.807, 2.05) is 35.1 Å². The molecule has 3 N–H and O–H groups in total. The fourth-order valence-corrected chi connectivity index (χ4v) is 5.27. The van der Waals surface area contributed by atoms with E-state index in [2.05, 4.69) is 23.3 Å². The molecule has 0 saturated carbocycles. The minimum atomic E-state index is -4.14. The first kappa shape index (κ1) is 28.9. The van der Waals surface area contributed by atoms with Gasteiger partial charge in [0, 0.05) is 30.3 Å². The number of halogens is 1. The van der Waals surface area contributed by atoms with Gasteiger partial charge in [-0.2, -0.15) is 12.6 Å². The van der Waals surface area contributed by atoms with Gasteiger partial charge in [0.2, 0.25) is 17.7 Å². The highest BCUT2D eigenvalue weighted by atomic mass is 32.2. The lowest BCUT2D eigenvalue weighted by Crippen LogP contribution is -2.40. The SMILES string of the molecule is CC(=O)NS(=O)(=O)c1ccccc1-c1ccc(CNC(=O)CNC(=O)[C@@H](CS)Cc2ccccc2)c(F)c1. The molecule has 11 heteroatoms. The molecule has 200 valence electrons. The van der Waals surface area contributed by atoms with Gasteiger partial charge in [-0.25, -0.2) is 17.5 Å². The molecule has 38 heavy (non-hydrogen) atoms. The normalized spacial score (nSPS) is 11.9. The van der Waals surface area contributed by atoms with E-state index in [0.29, 0.717) is 12.2 Å². The van der Waals surface area contributed by atoms with E-state index in [4.69, 9.17) is 0 Å². The van der Waals surface area contributed by atoms with Crippen molar-refractivity contribution in [2.24, 2.45) is 5.92 Å². The van der Waals surface area contributed by atoms with E-state index >= 15 is 0 Å². The molecule has 8 nitrogen and oxygen atoms in total. The minimum absolute atomic E-state index is 0.132. The quantitative estimate of drug-likeness (QED) is 0.270. The van der Waals surface area contributed by atoms with E-state index in [0.717, 1.165) is 18.6 Å². The summed E-state index contributed by atoms with van der Waals surface area (Å²) in [5, 5.41) is 5.15. The average molecular weight is 558 g/mol.